The number of ether oxygens (including phenoxy) is 4. The first-order valence-electron chi connectivity index (χ1n) is 10.3. The van der Waals surface area contributed by atoms with Gasteiger partial charge in [-0.05, 0) is 24.6 Å². The molecule has 0 spiro atoms. The summed E-state index contributed by atoms with van der Waals surface area (Å²) in [4.78, 5) is 4.67. The van der Waals surface area contributed by atoms with Crippen molar-refractivity contribution >= 4 is 11.6 Å². The lowest BCUT2D eigenvalue weighted by Crippen LogP contribution is -2.33. The van der Waals surface area contributed by atoms with Crippen LogP contribution in [0.1, 0.15) is 12.8 Å². The standard InChI is InChI=1S/C21H31N5O4/c1-27-15-16-28-12-3-7-22-21(23-9-11-26-10-2-8-24-26)25-18-5-6-19-20(17-18)30-14-4-13-29-19/h2,5-6,8,10,17H,3-4,7,9,11-16H2,1H3,(H2,22,23,25). The number of rotatable bonds is 11. The largest absolute Gasteiger partial charge is 0.490 e. The Morgan fingerprint density at radius 1 is 1.20 bits per heavy atom. The van der Waals surface area contributed by atoms with E-state index in [1.54, 1.807) is 13.3 Å². The number of guanidine groups is 1. The van der Waals surface area contributed by atoms with E-state index in [4.69, 9.17) is 18.9 Å². The maximum Gasteiger partial charge on any atom is 0.195 e. The second kappa shape index (κ2) is 12.7. The summed E-state index contributed by atoms with van der Waals surface area (Å²) in [5.74, 6) is 2.23. The second-order valence-electron chi connectivity index (χ2n) is 6.72. The Labute approximate surface area is 177 Å². The number of hydrogen-bond acceptors (Lipinski definition) is 6. The van der Waals surface area contributed by atoms with Gasteiger partial charge in [-0.15, -0.1) is 0 Å². The molecular formula is C21H31N5O4. The zero-order valence-corrected chi connectivity index (χ0v) is 17.5. The Hall–Kier alpha value is -2.78. The zero-order valence-electron chi connectivity index (χ0n) is 17.5. The number of methoxy groups -OCH3 is 1. The molecule has 0 amide bonds. The van der Waals surface area contributed by atoms with E-state index in [2.05, 4.69) is 20.7 Å². The predicted octanol–water partition coefficient (Wildman–Crippen LogP) is 2.16. The fourth-order valence-corrected chi connectivity index (χ4v) is 2.84. The van der Waals surface area contributed by atoms with Gasteiger partial charge in [0.1, 0.15) is 0 Å². The molecule has 3 rings (SSSR count). The third-order valence-corrected chi connectivity index (χ3v) is 4.35. The molecule has 2 heterocycles. The average molecular weight is 418 g/mol. The van der Waals surface area contributed by atoms with Crippen LogP contribution in [0.15, 0.2) is 41.7 Å². The van der Waals surface area contributed by atoms with E-state index >= 15 is 0 Å². The van der Waals surface area contributed by atoms with Crippen molar-refractivity contribution in [1.29, 1.82) is 0 Å². The molecule has 0 atom stereocenters. The molecule has 1 aliphatic heterocycles. The van der Waals surface area contributed by atoms with Crippen LogP contribution < -0.4 is 20.1 Å². The predicted molar refractivity (Wildman–Crippen MR) is 116 cm³/mol. The molecule has 2 N–H and O–H groups in total. The highest BCUT2D eigenvalue weighted by Crippen LogP contribution is 2.32. The maximum atomic E-state index is 5.78. The summed E-state index contributed by atoms with van der Waals surface area (Å²) < 4.78 is 23.8. The van der Waals surface area contributed by atoms with Crippen molar-refractivity contribution in [2.45, 2.75) is 19.4 Å². The van der Waals surface area contributed by atoms with Crippen molar-refractivity contribution in [3.8, 4) is 11.5 Å². The Balaban J connectivity index is 1.55. The number of hydrogen-bond donors (Lipinski definition) is 2. The summed E-state index contributed by atoms with van der Waals surface area (Å²) in [6, 6.07) is 7.74. The molecule has 30 heavy (non-hydrogen) atoms. The van der Waals surface area contributed by atoms with Crippen molar-refractivity contribution < 1.29 is 18.9 Å². The number of aliphatic imine (C=N–C) groups is 1. The van der Waals surface area contributed by atoms with Gasteiger partial charge < -0.3 is 29.6 Å². The number of nitrogens with one attached hydrogen (secondary N) is 2. The molecule has 0 saturated carbocycles. The molecule has 0 unspecified atom stereocenters. The molecule has 9 heteroatoms. The van der Waals surface area contributed by atoms with Gasteiger partial charge in [-0.25, -0.2) is 0 Å². The fraction of sp³-hybridized carbons (Fsp3) is 0.524. The normalized spacial score (nSPS) is 13.7. The maximum absolute atomic E-state index is 5.78. The third kappa shape index (κ3) is 7.57. The number of aromatic nitrogens is 2. The van der Waals surface area contributed by atoms with Crippen LogP contribution in [0.5, 0.6) is 11.5 Å². The first-order valence-corrected chi connectivity index (χ1v) is 10.3. The summed E-state index contributed by atoms with van der Waals surface area (Å²) in [6.45, 7) is 5.28. The summed E-state index contributed by atoms with van der Waals surface area (Å²) in [6.07, 6.45) is 5.42. The Morgan fingerprint density at radius 3 is 2.93 bits per heavy atom. The monoisotopic (exact) mass is 417 g/mol. The number of benzene rings is 1. The smallest absolute Gasteiger partial charge is 0.195 e. The summed E-state index contributed by atoms with van der Waals surface area (Å²) >= 11 is 0. The fourth-order valence-electron chi connectivity index (χ4n) is 2.84. The molecule has 0 fully saturated rings. The van der Waals surface area contributed by atoms with Crippen molar-refractivity contribution in [2.24, 2.45) is 4.99 Å². The number of nitrogens with zero attached hydrogens (tertiary/aromatic N) is 3. The number of anilines is 1. The third-order valence-electron chi connectivity index (χ3n) is 4.35. The SMILES string of the molecule is COCCOCCCN=C(NCCn1cccn1)Nc1ccc2c(c1)OCCCO2. The summed E-state index contributed by atoms with van der Waals surface area (Å²) in [5, 5.41) is 10.9. The second-order valence-corrected chi connectivity index (χ2v) is 6.72. The van der Waals surface area contributed by atoms with Crippen LogP contribution in [-0.4, -0.2) is 69.0 Å². The highest BCUT2D eigenvalue weighted by molar-refractivity contribution is 5.93. The molecule has 0 bridgehead atoms. The molecule has 1 aromatic carbocycles. The lowest BCUT2D eigenvalue weighted by atomic mass is 10.3. The van der Waals surface area contributed by atoms with E-state index in [1.807, 2.05) is 35.1 Å². The molecule has 2 aromatic rings. The molecule has 164 valence electrons. The minimum Gasteiger partial charge on any atom is -0.490 e. The quantitative estimate of drug-likeness (QED) is 0.329. The van der Waals surface area contributed by atoms with Crippen LogP contribution in [0.25, 0.3) is 0 Å². The van der Waals surface area contributed by atoms with E-state index < -0.39 is 0 Å². The first kappa shape index (κ1) is 21.9. The molecule has 1 aliphatic rings. The highest BCUT2D eigenvalue weighted by atomic mass is 16.5. The van der Waals surface area contributed by atoms with E-state index in [-0.39, 0.29) is 0 Å². The topological polar surface area (TPSA) is 91.2 Å². The summed E-state index contributed by atoms with van der Waals surface area (Å²) in [7, 11) is 1.67. The van der Waals surface area contributed by atoms with Crippen molar-refractivity contribution in [3.05, 3.63) is 36.7 Å². The van der Waals surface area contributed by atoms with Gasteiger partial charge in [0.2, 0.25) is 0 Å². The van der Waals surface area contributed by atoms with E-state index in [0.717, 1.165) is 36.6 Å². The Morgan fingerprint density at radius 2 is 2.10 bits per heavy atom. The van der Waals surface area contributed by atoms with E-state index in [9.17, 15) is 0 Å². The van der Waals surface area contributed by atoms with Crippen molar-refractivity contribution in [2.75, 3.05) is 58.6 Å². The first-order chi connectivity index (χ1) is 14.8. The van der Waals surface area contributed by atoms with Gasteiger partial charge in [-0.3, -0.25) is 9.67 Å². The Kier molecular flexibility index (Phi) is 9.29. The van der Waals surface area contributed by atoms with Crippen molar-refractivity contribution in [1.82, 2.24) is 15.1 Å². The summed E-state index contributed by atoms with van der Waals surface area (Å²) in [5.41, 5.74) is 0.890. The molecular weight excluding hydrogens is 386 g/mol. The minimum absolute atomic E-state index is 0.602. The lowest BCUT2D eigenvalue weighted by molar-refractivity contribution is 0.0702. The van der Waals surface area contributed by atoms with Crippen LogP contribution in [0.2, 0.25) is 0 Å². The van der Waals surface area contributed by atoms with Gasteiger partial charge in [-0.2, -0.15) is 5.10 Å². The van der Waals surface area contributed by atoms with Crippen LogP contribution in [-0.2, 0) is 16.0 Å². The molecule has 9 nitrogen and oxygen atoms in total. The van der Waals surface area contributed by atoms with Gasteiger partial charge in [0.15, 0.2) is 17.5 Å². The highest BCUT2D eigenvalue weighted by Gasteiger charge is 2.11. The number of fused-ring (bicyclic) bond motifs is 1. The van der Waals surface area contributed by atoms with Crippen LogP contribution in [0.4, 0.5) is 5.69 Å². The van der Waals surface area contributed by atoms with Crippen molar-refractivity contribution in [3.63, 3.8) is 0 Å². The van der Waals surface area contributed by atoms with E-state index in [0.29, 0.717) is 52.1 Å². The van der Waals surface area contributed by atoms with Gasteiger partial charge in [0, 0.05) is 57.4 Å². The van der Waals surface area contributed by atoms with Gasteiger partial charge in [-0.1, -0.05) is 0 Å². The van der Waals surface area contributed by atoms with Gasteiger partial charge >= 0.3 is 0 Å². The lowest BCUT2D eigenvalue weighted by Gasteiger charge is -2.15. The van der Waals surface area contributed by atoms with Crippen LogP contribution in [0.3, 0.4) is 0 Å². The average Bonchev–Trinajstić information content (AvgIpc) is 3.16. The van der Waals surface area contributed by atoms with E-state index in [1.165, 1.54) is 0 Å². The molecule has 0 aliphatic carbocycles. The van der Waals surface area contributed by atoms with Crippen LogP contribution in [0, 0.1) is 0 Å². The molecule has 0 saturated heterocycles. The van der Waals surface area contributed by atoms with Gasteiger partial charge in [0.05, 0.1) is 33.0 Å². The van der Waals surface area contributed by atoms with Crippen LogP contribution >= 0.6 is 0 Å². The zero-order chi connectivity index (χ0) is 20.9. The van der Waals surface area contributed by atoms with Gasteiger partial charge in [0.25, 0.3) is 0 Å². The Bertz CT molecular complexity index is 767. The molecule has 1 aromatic heterocycles. The minimum atomic E-state index is 0.602. The molecule has 0 radical (unpaired) electrons.